The smallest absolute Gasteiger partial charge is 0.0568 e. The number of aliphatic hydroxyl groups excluding tert-OH is 1. The van der Waals surface area contributed by atoms with Gasteiger partial charge in [-0.1, -0.05) is 18.2 Å². The molecule has 0 amide bonds. The van der Waals surface area contributed by atoms with E-state index in [2.05, 4.69) is 24.3 Å². The predicted molar refractivity (Wildman–Crippen MR) is 65.1 cm³/mol. The SMILES string of the molecule is OC(CCCSc1ccccc1)C1CC1. The van der Waals surface area contributed by atoms with E-state index in [4.69, 9.17) is 0 Å². The Morgan fingerprint density at radius 3 is 2.67 bits per heavy atom. The molecule has 1 N–H and O–H groups in total. The van der Waals surface area contributed by atoms with Crippen LogP contribution >= 0.6 is 11.8 Å². The molecule has 1 fully saturated rings. The quantitative estimate of drug-likeness (QED) is 0.588. The minimum absolute atomic E-state index is 0.0265. The molecule has 1 atom stereocenters. The van der Waals surface area contributed by atoms with Crippen LogP contribution in [0.4, 0.5) is 0 Å². The Morgan fingerprint density at radius 2 is 2.00 bits per heavy atom. The van der Waals surface area contributed by atoms with Gasteiger partial charge < -0.3 is 5.11 Å². The second kappa shape index (κ2) is 5.57. The first-order valence-corrected chi connectivity index (χ1v) is 6.71. The van der Waals surface area contributed by atoms with Gasteiger partial charge in [0.15, 0.2) is 0 Å². The molecule has 0 bridgehead atoms. The zero-order chi connectivity index (χ0) is 10.5. The van der Waals surface area contributed by atoms with Crippen LogP contribution in [-0.4, -0.2) is 17.0 Å². The van der Waals surface area contributed by atoms with Crippen molar-refractivity contribution in [1.82, 2.24) is 0 Å². The number of hydrogen-bond donors (Lipinski definition) is 1. The molecule has 1 aromatic rings. The second-order valence-corrected chi connectivity index (χ2v) is 5.38. The first-order valence-electron chi connectivity index (χ1n) is 5.72. The summed E-state index contributed by atoms with van der Waals surface area (Å²) in [6, 6.07) is 10.5. The summed E-state index contributed by atoms with van der Waals surface area (Å²) in [7, 11) is 0. The lowest BCUT2D eigenvalue weighted by Gasteiger charge is -2.08. The molecule has 82 valence electrons. The number of benzene rings is 1. The number of rotatable bonds is 6. The molecule has 2 heteroatoms. The van der Waals surface area contributed by atoms with E-state index >= 15 is 0 Å². The molecule has 1 unspecified atom stereocenters. The highest BCUT2D eigenvalue weighted by atomic mass is 32.2. The van der Waals surface area contributed by atoms with Gasteiger partial charge in [-0.2, -0.15) is 0 Å². The highest BCUT2D eigenvalue weighted by Gasteiger charge is 2.28. The molecule has 0 aliphatic heterocycles. The average molecular weight is 222 g/mol. The molecule has 1 nitrogen and oxygen atoms in total. The summed E-state index contributed by atoms with van der Waals surface area (Å²) in [6.45, 7) is 0. The predicted octanol–water partition coefficient (Wildman–Crippen LogP) is 3.33. The molecule has 2 rings (SSSR count). The maximum absolute atomic E-state index is 9.68. The largest absolute Gasteiger partial charge is 0.393 e. The topological polar surface area (TPSA) is 20.2 Å². The van der Waals surface area contributed by atoms with E-state index in [-0.39, 0.29) is 6.10 Å². The highest BCUT2D eigenvalue weighted by molar-refractivity contribution is 7.99. The number of aliphatic hydroxyl groups is 1. The summed E-state index contributed by atoms with van der Waals surface area (Å²) in [5.74, 6) is 1.75. The van der Waals surface area contributed by atoms with Gasteiger partial charge in [0.05, 0.1) is 6.10 Å². The van der Waals surface area contributed by atoms with E-state index in [1.54, 1.807) is 0 Å². The van der Waals surface area contributed by atoms with E-state index in [0.29, 0.717) is 5.92 Å². The van der Waals surface area contributed by atoms with Crippen LogP contribution in [0, 0.1) is 5.92 Å². The van der Waals surface area contributed by atoms with E-state index in [0.717, 1.165) is 18.6 Å². The average Bonchev–Trinajstić information content (AvgIpc) is 3.09. The molecule has 1 aromatic carbocycles. The van der Waals surface area contributed by atoms with Crippen molar-refractivity contribution in [1.29, 1.82) is 0 Å². The van der Waals surface area contributed by atoms with Crippen molar-refractivity contribution >= 4 is 11.8 Å². The third-order valence-corrected chi connectivity index (χ3v) is 3.92. The van der Waals surface area contributed by atoms with Crippen LogP contribution in [0.1, 0.15) is 25.7 Å². The zero-order valence-electron chi connectivity index (χ0n) is 8.93. The van der Waals surface area contributed by atoms with Gasteiger partial charge in [0.1, 0.15) is 0 Å². The van der Waals surface area contributed by atoms with Gasteiger partial charge >= 0.3 is 0 Å². The fraction of sp³-hybridized carbons (Fsp3) is 0.538. The third kappa shape index (κ3) is 3.88. The van der Waals surface area contributed by atoms with Crippen LogP contribution in [-0.2, 0) is 0 Å². The van der Waals surface area contributed by atoms with Crippen molar-refractivity contribution < 1.29 is 5.11 Å². The van der Waals surface area contributed by atoms with Crippen molar-refractivity contribution in [2.45, 2.75) is 36.7 Å². The van der Waals surface area contributed by atoms with E-state index in [9.17, 15) is 5.11 Å². The molecule has 0 heterocycles. The van der Waals surface area contributed by atoms with Crippen LogP contribution in [0.5, 0.6) is 0 Å². The van der Waals surface area contributed by atoms with Gasteiger partial charge in [-0.05, 0) is 49.5 Å². The highest BCUT2D eigenvalue weighted by Crippen LogP contribution is 2.34. The number of hydrogen-bond acceptors (Lipinski definition) is 2. The first-order chi connectivity index (χ1) is 7.36. The Hall–Kier alpha value is -0.470. The Balaban J connectivity index is 1.58. The molecule has 1 saturated carbocycles. The molecule has 0 spiro atoms. The van der Waals surface area contributed by atoms with E-state index in [1.807, 2.05) is 17.8 Å². The van der Waals surface area contributed by atoms with Crippen LogP contribution in [0.3, 0.4) is 0 Å². The maximum atomic E-state index is 9.68. The van der Waals surface area contributed by atoms with E-state index in [1.165, 1.54) is 17.7 Å². The van der Waals surface area contributed by atoms with Crippen molar-refractivity contribution in [3.63, 3.8) is 0 Å². The molecule has 15 heavy (non-hydrogen) atoms. The summed E-state index contributed by atoms with van der Waals surface area (Å²) in [6.07, 6.45) is 4.56. The lowest BCUT2D eigenvalue weighted by Crippen LogP contribution is -2.08. The van der Waals surface area contributed by atoms with Gasteiger partial charge in [-0.3, -0.25) is 0 Å². The minimum atomic E-state index is -0.0265. The van der Waals surface area contributed by atoms with Crippen LogP contribution in [0.15, 0.2) is 35.2 Å². The molecule has 0 saturated heterocycles. The summed E-state index contributed by atoms with van der Waals surface area (Å²) in [5.41, 5.74) is 0. The lowest BCUT2D eigenvalue weighted by molar-refractivity contribution is 0.141. The van der Waals surface area contributed by atoms with Gasteiger partial charge in [-0.25, -0.2) is 0 Å². The number of thioether (sulfide) groups is 1. The van der Waals surface area contributed by atoms with E-state index < -0.39 is 0 Å². The van der Waals surface area contributed by atoms with Gasteiger partial charge in [0.2, 0.25) is 0 Å². The second-order valence-electron chi connectivity index (χ2n) is 4.21. The monoisotopic (exact) mass is 222 g/mol. The zero-order valence-corrected chi connectivity index (χ0v) is 9.75. The van der Waals surface area contributed by atoms with Crippen LogP contribution in [0.25, 0.3) is 0 Å². The fourth-order valence-corrected chi connectivity index (χ4v) is 2.61. The molecular formula is C13H18OS. The Bertz CT molecular complexity index is 282. The third-order valence-electron chi connectivity index (χ3n) is 2.82. The summed E-state index contributed by atoms with van der Waals surface area (Å²) >= 11 is 1.88. The van der Waals surface area contributed by atoms with Crippen LogP contribution < -0.4 is 0 Å². The summed E-state index contributed by atoms with van der Waals surface area (Å²) in [4.78, 5) is 1.33. The Kier molecular flexibility index (Phi) is 4.09. The molecule has 1 aliphatic rings. The Labute approximate surface area is 95.9 Å². The van der Waals surface area contributed by atoms with Crippen LogP contribution in [0.2, 0.25) is 0 Å². The van der Waals surface area contributed by atoms with Crippen molar-refractivity contribution in [2.75, 3.05) is 5.75 Å². The molecule has 0 radical (unpaired) electrons. The molecule has 0 aromatic heterocycles. The van der Waals surface area contributed by atoms with Crippen molar-refractivity contribution in [2.24, 2.45) is 5.92 Å². The standard InChI is InChI=1S/C13H18OS/c14-13(11-8-9-11)7-4-10-15-12-5-2-1-3-6-12/h1-3,5-6,11,13-14H,4,7-10H2. The summed E-state index contributed by atoms with van der Waals surface area (Å²) in [5, 5.41) is 9.68. The maximum Gasteiger partial charge on any atom is 0.0568 e. The minimum Gasteiger partial charge on any atom is -0.393 e. The summed E-state index contributed by atoms with van der Waals surface area (Å²) < 4.78 is 0. The molecular weight excluding hydrogens is 204 g/mol. The lowest BCUT2D eigenvalue weighted by atomic mass is 10.1. The van der Waals surface area contributed by atoms with Gasteiger partial charge in [-0.15, -0.1) is 11.8 Å². The van der Waals surface area contributed by atoms with Crippen molar-refractivity contribution in [3.05, 3.63) is 30.3 Å². The molecule has 1 aliphatic carbocycles. The fourth-order valence-electron chi connectivity index (χ4n) is 1.72. The first kappa shape index (κ1) is 11.0. The Morgan fingerprint density at radius 1 is 1.27 bits per heavy atom. The normalized spacial score (nSPS) is 17.7. The van der Waals surface area contributed by atoms with Crippen molar-refractivity contribution in [3.8, 4) is 0 Å². The van der Waals surface area contributed by atoms with Gasteiger partial charge in [0, 0.05) is 4.90 Å². The van der Waals surface area contributed by atoms with Gasteiger partial charge in [0.25, 0.3) is 0 Å².